The van der Waals surface area contributed by atoms with Crippen LogP contribution in [-0.4, -0.2) is 41.1 Å². The Kier molecular flexibility index (Phi) is 7.58. The highest BCUT2D eigenvalue weighted by Crippen LogP contribution is 2.39. The third kappa shape index (κ3) is 5.21. The maximum absolute atomic E-state index is 13.8. The molecule has 0 radical (unpaired) electrons. The van der Waals surface area contributed by atoms with Crippen molar-refractivity contribution in [3.05, 3.63) is 90.0 Å². The monoisotopic (exact) mass is 549 g/mol. The van der Waals surface area contributed by atoms with Gasteiger partial charge in [-0.1, -0.05) is 55.1 Å². The Morgan fingerprint density at radius 1 is 0.974 bits per heavy atom. The summed E-state index contributed by atoms with van der Waals surface area (Å²) < 4.78 is 33.9. The van der Waals surface area contributed by atoms with Gasteiger partial charge in [-0.2, -0.15) is 0 Å². The van der Waals surface area contributed by atoms with Crippen molar-refractivity contribution < 1.29 is 18.6 Å². The van der Waals surface area contributed by atoms with Gasteiger partial charge in [0.2, 0.25) is 0 Å². The van der Waals surface area contributed by atoms with E-state index in [1.54, 1.807) is 38.1 Å². The molecule has 0 bridgehead atoms. The number of ether oxygens (including phenoxy) is 3. The molecule has 0 saturated carbocycles. The van der Waals surface area contributed by atoms with Gasteiger partial charge in [-0.05, 0) is 54.1 Å². The fourth-order valence-electron chi connectivity index (χ4n) is 4.26. The highest BCUT2D eigenvalue weighted by atomic mass is 32.2. The van der Waals surface area contributed by atoms with E-state index in [4.69, 9.17) is 19.2 Å². The number of para-hydroxylation sites is 1. The summed E-state index contributed by atoms with van der Waals surface area (Å²) in [5.74, 6) is 1.72. The van der Waals surface area contributed by atoms with E-state index < -0.39 is 5.41 Å². The Morgan fingerprint density at radius 3 is 2.47 bits per heavy atom. The molecule has 3 aromatic carbocycles. The Morgan fingerprint density at radius 2 is 1.74 bits per heavy atom. The van der Waals surface area contributed by atoms with Crippen molar-refractivity contribution in [1.29, 1.82) is 0 Å². The molecule has 0 aliphatic rings. The number of methoxy groups -OCH3 is 2. The van der Waals surface area contributed by atoms with Crippen LogP contribution in [0.25, 0.3) is 15.9 Å². The van der Waals surface area contributed by atoms with Gasteiger partial charge in [0.25, 0.3) is 5.19 Å². The zero-order valence-corrected chi connectivity index (χ0v) is 23.2. The van der Waals surface area contributed by atoms with Gasteiger partial charge in [0.15, 0.2) is 16.7 Å². The number of imidazole rings is 1. The number of benzene rings is 3. The lowest BCUT2D eigenvalue weighted by molar-refractivity contribution is 0.342. The van der Waals surface area contributed by atoms with Crippen LogP contribution in [-0.2, 0) is 5.41 Å². The molecule has 0 aliphatic carbocycles. The van der Waals surface area contributed by atoms with E-state index in [9.17, 15) is 4.39 Å². The molecule has 0 unspecified atom stereocenters. The summed E-state index contributed by atoms with van der Waals surface area (Å²) in [5, 5.41) is 1.46. The average molecular weight is 550 g/mol. The number of fused-ring (bicyclic) bond motifs is 1. The van der Waals surface area contributed by atoms with Crippen LogP contribution in [0.1, 0.15) is 25.1 Å². The Hall–Kier alpha value is -3.56. The van der Waals surface area contributed by atoms with Crippen LogP contribution in [0.5, 0.6) is 16.7 Å². The highest BCUT2D eigenvalue weighted by Gasteiger charge is 2.30. The van der Waals surface area contributed by atoms with Crippen molar-refractivity contribution in [2.45, 2.75) is 24.4 Å². The fourth-order valence-corrected chi connectivity index (χ4v) is 5.91. The van der Waals surface area contributed by atoms with E-state index in [-0.39, 0.29) is 5.82 Å². The van der Waals surface area contributed by atoms with Crippen LogP contribution in [0.3, 0.4) is 0 Å². The van der Waals surface area contributed by atoms with E-state index in [0.717, 1.165) is 32.3 Å². The third-order valence-electron chi connectivity index (χ3n) is 6.37. The largest absolute Gasteiger partial charge is 0.493 e. The zero-order valence-electron chi connectivity index (χ0n) is 21.6. The maximum Gasteiger partial charge on any atom is 0.274 e. The van der Waals surface area contributed by atoms with E-state index >= 15 is 0 Å². The SMILES string of the molecule is COc1ccc(C(C)(C)c2cnc(SCCOc3nc4ccccc4s3)n2-c2ccc(F)cc2)cc1OC. The Balaban J connectivity index is 1.42. The summed E-state index contributed by atoms with van der Waals surface area (Å²) in [6, 6.07) is 20.4. The van der Waals surface area contributed by atoms with Gasteiger partial charge in [-0.3, -0.25) is 4.57 Å². The van der Waals surface area contributed by atoms with E-state index in [1.807, 2.05) is 48.7 Å². The summed E-state index contributed by atoms with van der Waals surface area (Å²) in [7, 11) is 3.25. The van der Waals surface area contributed by atoms with Gasteiger partial charge in [0.1, 0.15) is 12.4 Å². The van der Waals surface area contributed by atoms with Crippen LogP contribution >= 0.6 is 23.1 Å². The molecule has 9 heteroatoms. The van der Waals surface area contributed by atoms with Crippen molar-refractivity contribution in [3.8, 4) is 22.4 Å². The van der Waals surface area contributed by atoms with E-state index in [1.165, 1.54) is 23.5 Å². The highest BCUT2D eigenvalue weighted by molar-refractivity contribution is 7.99. The minimum Gasteiger partial charge on any atom is -0.493 e. The molecule has 6 nitrogen and oxygen atoms in total. The molecule has 5 rings (SSSR count). The molecule has 38 heavy (non-hydrogen) atoms. The van der Waals surface area contributed by atoms with Gasteiger partial charge in [0.05, 0.1) is 36.3 Å². The molecular weight excluding hydrogens is 521 g/mol. The van der Waals surface area contributed by atoms with Gasteiger partial charge in [-0.25, -0.2) is 14.4 Å². The van der Waals surface area contributed by atoms with Crippen molar-refractivity contribution in [2.24, 2.45) is 0 Å². The average Bonchev–Trinajstić information content (AvgIpc) is 3.55. The van der Waals surface area contributed by atoms with Gasteiger partial charge in [0, 0.05) is 16.9 Å². The van der Waals surface area contributed by atoms with Crippen LogP contribution in [0, 0.1) is 5.82 Å². The number of aromatic nitrogens is 3. The molecule has 2 aromatic heterocycles. The van der Waals surface area contributed by atoms with Crippen LogP contribution in [0.2, 0.25) is 0 Å². The van der Waals surface area contributed by atoms with Crippen molar-refractivity contribution in [3.63, 3.8) is 0 Å². The molecule has 0 N–H and O–H groups in total. The second kappa shape index (κ2) is 11.0. The first-order valence-corrected chi connectivity index (χ1v) is 13.9. The predicted molar refractivity (Wildman–Crippen MR) is 151 cm³/mol. The molecule has 0 atom stereocenters. The number of rotatable bonds is 10. The molecule has 0 saturated heterocycles. The van der Waals surface area contributed by atoms with Gasteiger partial charge in [-0.15, -0.1) is 0 Å². The van der Waals surface area contributed by atoms with E-state index in [0.29, 0.717) is 29.1 Å². The normalized spacial score (nSPS) is 11.6. The molecular formula is C29H28FN3O3S2. The number of thioether (sulfide) groups is 1. The second-order valence-electron chi connectivity index (χ2n) is 9.08. The molecule has 0 amide bonds. The lowest BCUT2D eigenvalue weighted by Crippen LogP contribution is -2.23. The summed E-state index contributed by atoms with van der Waals surface area (Å²) in [6.07, 6.45) is 1.89. The van der Waals surface area contributed by atoms with Gasteiger partial charge < -0.3 is 14.2 Å². The zero-order chi connectivity index (χ0) is 26.7. The number of thiazole rings is 1. The molecule has 196 valence electrons. The van der Waals surface area contributed by atoms with Crippen molar-refractivity contribution >= 4 is 33.3 Å². The smallest absolute Gasteiger partial charge is 0.274 e. The lowest BCUT2D eigenvalue weighted by atomic mass is 9.81. The lowest BCUT2D eigenvalue weighted by Gasteiger charge is -2.28. The van der Waals surface area contributed by atoms with Crippen LogP contribution in [0.4, 0.5) is 4.39 Å². The molecule has 2 heterocycles. The summed E-state index contributed by atoms with van der Waals surface area (Å²) >= 11 is 3.12. The second-order valence-corrected chi connectivity index (χ2v) is 11.1. The number of nitrogens with zero attached hydrogens (tertiary/aromatic N) is 3. The van der Waals surface area contributed by atoms with Crippen molar-refractivity contribution in [2.75, 3.05) is 26.6 Å². The Labute approximate surface area is 229 Å². The number of hydrogen-bond acceptors (Lipinski definition) is 7. The fraction of sp³-hybridized carbons (Fsp3) is 0.241. The summed E-state index contributed by atoms with van der Waals surface area (Å²) in [6.45, 7) is 4.75. The minimum absolute atomic E-state index is 0.284. The van der Waals surface area contributed by atoms with Gasteiger partial charge >= 0.3 is 0 Å². The molecule has 0 aliphatic heterocycles. The first kappa shape index (κ1) is 26.1. The molecule has 0 spiro atoms. The predicted octanol–water partition coefficient (Wildman–Crippen LogP) is 7.14. The topological polar surface area (TPSA) is 58.4 Å². The third-order valence-corrected chi connectivity index (χ3v) is 8.24. The standard InChI is InChI=1S/C29H28FN3O3S2/c1-29(2,19-9-14-23(34-3)24(17-19)35-4)26-18-31-27(33(26)21-12-10-20(30)11-13-21)37-16-15-36-28-32-22-7-5-6-8-25(22)38-28/h5-14,17-18H,15-16H2,1-4H3. The van der Waals surface area contributed by atoms with Crippen LogP contribution < -0.4 is 14.2 Å². The molecule has 5 aromatic rings. The quantitative estimate of drug-likeness (QED) is 0.136. The first-order chi connectivity index (χ1) is 18.4. The van der Waals surface area contributed by atoms with Crippen molar-refractivity contribution in [1.82, 2.24) is 14.5 Å². The summed E-state index contributed by atoms with van der Waals surface area (Å²) in [5.41, 5.74) is 3.33. The number of halogens is 1. The van der Waals surface area contributed by atoms with Crippen LogP contribution in [0.15, 0.2) is 78.1 Å². The maximum atomic E-state index is 13.8. The first-order valence-electron chi connectivity index (χ1n) is 12.1. The Bertz CT molecular complexity index is 1510. The summed E-state index contributed by atoms with van der Waals surface area (Å²) in [4.78, 5) is 9.31. The minimum atomic E-state index is -0.447. The number of hydrogen-bond donors (Lipinski definition) is 0. The molecule has 0 fully saturated rings. The van der Waals surface area contributed by atoms with E-state index in [2.05, 4.69) is 23.4 Å².